The van der Waals surface area contributed by atoms with Gasteiger partial charge in [-0.2, -0.15) is 0 Å². The number of cyclic esters (lactones) is 3. The molecule has 0 aromatic carbocycles. The van der Waals surface area contributed by atoms with Gasteiger partial charge in [0.1, 0.15) is 11.2 Å². The first-order chi connectivity index (χ1) is 21.4. The molecule has 6 saturated carbocycles. The summed E-state index contributed by atoms with van der Waals surface area (Å²) in [7, 11) is 0. The third kappa shape index (κ3) is 9.03. The number of aliphatic hydroxyl groups is 2. The number of rotatable bonds is 8. The molecule has 11 nitrogen and oxygen atoms in total. The van der Waals surface area contributed by atoms with Crippen molar-refractivity contribution in [2.75, 3.05) is 6.61 Å². The van der Waals surface area contributed by atoms with Crippen LogP contribution in [0.15, 0.2) is 0 Å². The summed E-state index contributed by atoms with van der Waals surface area (Å²) in [5.74, 6) is -6.32. The second-order valence-corrected chi connectivity index (χ2v) is 17.3. The molecule has 12 atom stereocenters. The molecule has 6 aliphatic carbocycles. The summed E-state index contributed by atoms with van der Waals surface area (Å²) in [6, 6.07) is 0. The lowest BCUT2D eigenvalue weighted by Gasteiger charge is -2.62. The van der Waals surface area contributed by atoms with Crippen LogP contribution in [0.3, 0.4) is 0 Å². The Morgan fingerprint density at radius 2 is 1.37 bits per heavy atom. The van der Waals surface area contributed by atoms with Crippen molar-refractivity contribution in [2.45, 2.75) is 174 Å². The van der Waals surface area contributed by atoms with Crippen LogP contribution in [0.4, 0.5) is 0 Å². The van der Waals surface area contributed by atoms with Gasteiger partial charge in [0, 0.05) is 25.2 Å². The first kappa shape index (κ1) is 53.6. The van der Waals surface area contributed by atoms with Gasteiger partial charge in [-0.3, -0.25) is 24.0 Å². The van der Waals surface area contributed by atoms with Crippen molar-refractivity contribution < 1.29 is 53.1 Å². The molecule has 0 aromatic rings. The molecule has 8 aliphatic rings. The van der Waals surface area contributed by atoms with Gasteiger partial charge >= 0.3 is 29.8 Å². The summed E-state index contributed by atoms with van der Waals surface area (Å²) in [6.07, 6.45) is 3.42. The Morgan fingerprint density at radius 1 is 0.796 bits per heavy atom. The highest BCUT2D eigenvalue weighted by atomic mass is 16.6. The Kier molecular flexibility index (Phi) is 17.6. The minimum Gasteiger partial charge on any atom is -0.465 e. The van der Waals surface area contributed by atoms with E-state index in [0.717, 1.165) is 6.42 Å². The first-order valence-electron chi connectivity index (χ1n) is 17.2. The number of ether oxygens (including phenoxy) is 4. The van der Waals surface area contributed by atoms with Crippen LogP contribution in [-0.2, 0) is 42.9 Å². The summed E-state index contributed by atoms with van der Waals surface area (Å²) in [4.78, 5) is 66.5. The van der Waals surface area contributed by atoms with Gasteiger partial charge in [-0.05, 0) is 88.9 Å². The molecule has 2 N–H and O–H groups in total. The Morgan fingerprint density at radius 3 is 1.87 bits per heavy atom. The van der Waals surface area contributed by atoms with Gasteiger partial charge in [0.25, 0.3) is 0 Å². The fourth-order valence-electron chi connectivity index (χ4n) is 11.7. The van der Waals surface area contributed by atoms with Crippen molar-refractivity contribution in [3.63, 3.8) is 0 Å². The molecule has 8 fully saturated rings. The van der Waals surface area contributed by atoms with E-state index in [2.05, 4.69) is 6.92 Å². The largest absolute Gasteiger partial charge is 0.465 e. The van der Waals surface area contributed by atoms with Gasteiger partial charge < -0.3 is 29.2 Å². The van der Waals surface area contributed by atoms with E-state index in [-0.39, 0.29) is 132 Å². The number of hydrogen-bond acceptors (Lipinski definition) is 11. The lowest BCUT2D eigenvalue weighted by atomic mass is 9.50. The number of carbonyl (C=O) groups is 5. The smallest absolute Gasteiger partial charge is 0.318 e. The second kappa shape index (κ2) is 17.7. The van der Waals surface area contributed by atoms with Gasteiger partial charge in [0.15, 0.2) is 0 Å². The summed E-state index contributed by atoms with van der Waals surface area (Å²) in [5, 5.41) is 22.6. The van der Waals surface area contributed by atoms with Crippen molar-refractivity contribution >= 4 is 29.8 Å². The molecule has 2 saturated heterocycles. The Bertz CT molecular complexity index is 1330. The minimum absolute atomic E-state index is 0. The monoisotopic (exact) mass is 773 g/mol. The van der Waals surface area contributed by atoms with E-state index in [1.54, 1.807) is 27.7 Å². The van der Waals surface area contributed by atoms with Crippen molar-refractivity contribution in [3.05, 3.63) is 0 Å². The highest BCUT2D eigenvalue weighted by Gasteiger charge is 2.66. The highest BCUT2D eigenvalue weighted by molar-refractivity contribution is 5.98. The van der Waals surface area contributed by atoms with Gasteiger partial charge in [-0.25, -0.2) is 0 Å². The third-order valence-electron chi connectivity index (χ3n) is 12.8. The molecule has 6 bridgehead atoms. The number of carbonyl (C=O) groups excluding carboxylic acids is 5. The van der Waals surface area contributed by atoms with Crippen LogP contribution >= 0.6 is 0 Å². The molecule has 11 heteroatoms. The lowest BCUT2D eigenvalue weighted by Crippen LogP contribution is -2.67. The van der Waals surface area contributed by atoms with Crippen LogP contribution in [-0.4, -0.2) is 69.1 Å². The van der Waals surface area contributed by atoms with Gasteiger partial charge in [-0.1, -0.05) is 73.3 Å². The standard InChI is InChI=1S/C35H48O11.8CH4/c1-16-20(22-8-21(16)26-24(22)12-43-30(26)39)6-19(28(37)45-32(3,4)5)7-23(25-17(2)27(36)44-31(25)40)29(38)46-35-11-18-9-33(41,14-35)13-34(42,10-18)15-35;;;;;;;;/h16-26,41-42H,6-15H2,1-5H3;8*1H4. The SMILES string of the molecule is C.C.C.C.C.C.C.C.CC1C(=O)OC(=O)C1C(CC(CC1C(C)C2CC1C1COC(=O)C21)C(=O)OC(C)(C)C)C(=O)OC12CC3CC(O)(CC(O)(C3)C1)C2. The molecule has 54 heavy (non-hydrogen) atoms. The van der Waals surface area contributed by atoms with E-state index in [1.807, 2.05) is 0 Å². The zero-order valence-corrected chi connectivity index (χ0v) is 27.5. The van der Waals surface area contributed by atoms with Crippen LogP contribution in [0, 0.1) is 65.1 Å². The maximum atomic E-state index is 14.4. The van der Waals surface area contributed by atoms with Crippen molar-refractivity contribution in [2.24, 2.45) is 65.1 Å². The second-order valence-electron chi connectivity index (χ2n) is 17.3. The predicted octanol–water partition coefficient (Wildman–Crippen LogP) is 8.20. The third-order valence-corrected chi connectivity index (χ3v) is 12.8. The topological polar surface area (TPSA) is 163 Å². The average Bonchev–Trinajstić information content (AvgIpc) is 3.61. The van der Waals surface area contributed by atoms with E-state index >= 15 is 0 Å². The van der Waals surface area contributed by atoms with Crippen molar-refractivity contribution in [1.29, 1.82) is 0 Å². The first-order valence-corrected chi connectivity index (χ1v) is 17.2. The Labute approximate surface area is 328 Å². The maximum Gasteiger partial charge on any atom is 0.318 e. The zero-order valence-electron chi connectivity index (χ0n) is 27.5. The molecule has 0 spiro atoms. The van der Waals surface area contributed by atoms with E-state index in [1.165, 1.54) is 0 Å². The molecular formula is C43H80O11. The predicted molar refractivity (Wildman–Crippen MR) is 212 cm³/mol. The van der Waals surface area contributed by atoms with E-state index in [9.17, 15) is 34.2 Å². The fraction of sp³-hybridized carbons (Fsp3) is 0.884. The molecule has 318 valence electrons. The summed E-state index contributed by atoms with van der Waals surface area (Å²) >= 11 is 0. The van der Waals surface area contributed by atoms with Gasteiger partial charge in [0.05, 0.1) is 47.4 Å². The molecule has 0 aromatic heterocycles. The summed E-state index contributed by atoms with van der Waals surface area (Å²) < 4.78 is 22.6. The molecule has 0 amide bonds. The number of esters is 5. The molecule has 12 unspecified atom stereocenters. The van der Waals surface area contributed by atoms with Crippen molar-refractivity contribution in [1.82, 2.24) is 0 Å². The Hall–Kier alpha value is -2.53. The van der Waals surface area contributed by atoms with E-state index in [0.29, 0.717) is 32.3 Å². The van der Waals surface area contributed by atoms with Gasteiger partial charge in [0.2, 0.25) is 0 Å². The average molecular weight is 773 g/mol. The zero-order chi connectivity index (χ0) is 33.1. The fourth-order valence-corrected chi connectivity index (χ4v) is 11.7. The van der Waals surface area contributed by atoms with E-state index < -0.39 is 70.0 Å². The van der Waals surface area contributed by atoms with Crippen LogP contribution < -0.4 is 0 Å². The summed E-state index contributed by atoms with van der Waals surface area (Å²) in [6.45, 7) is 9.38. The van der Waals surface area contributed by atoms with Crippen LogP contribution in [0.5, 0.6) is 0 Å². The number of fused-ring (bicyclic) bond motifs is 5. The van der Waals surface area contributed by atoms with Gasteiger partial charge in [-0.15, -0.1) is 0 Å². The van der Waals surface area contributed by atoms with Crippen LogP contribution in [0.1, 0.15) is 152 Å². The molecular weight excluding hydrogens is 692 g/mol. The van der Waals surface area contributed by atoms with E-state index in [4.69, 9.17) is 18.9 Å². The van der Waals surface area contributed by atoms with Crippen molar-refractivity contribution in [3.8, 4) is 0 Å². The highest BCUT2D eigenvalue weighted by Crippen LogP contribution is 2.63. The summed E-state index contributed by atoms with van der Waals surface area (Å²) in [5.41, 5.74) is -4.18. The quantitative estimate of drug-likeness (QED) is 0.139. The lowest BCUT2D eigenvalue weighted by molar-refractivity contribution is -0.263. The molecule has 2 aliphatic heterocycles. The molecule has 0 radical (unpaired) electrons. The van der Waals surface area contributed by atoms with Crippen LogP contribution in [0.25, 0.3) is 0 Å². The number of hydrogen-bond donors (Lipinski definition) is 2. The maximum absolute atomic E-state index is 14.4. The molecule has 8 rings (SSSR count). The Balaban J connectivity index is 0. The molecule has 2 heterocycles. The minimum atomic E-state index is -1.18. The normalized spacial score (nSPS) is 39.7. The van der Waals surface area contributed by atoms with Crippen LogP contribution in [0.2, 0.25) is 0 Å².